The molecule has 110 valence electrons. The SMILES string of the molecule is Cc1nnc(N2CCCC(c3ncc(Br)cn3)C2)nc1C. The molecule has 6 nitrogen and oxygen atoms in total. The first kappa shape index (κ1) is 14.3. The minimum Gasteiger partial charge on any atom is -0.339 e. The van der Waals surface area contributed by atoms with E-state index in [1.807, 2.05) is 13.8 Å². The van der Waals surface area contributed by atoms with Crippen LogP contribution in [0.1, 0.15) is 36.0 Å². The minimum absolute atomic E-state index is 0.317. The fraction of sp³-hybridized carbons (Fsp3) is 0.500. The van der Waals surface area contributed by atoms with Gasteiger partial charge in [-0.15, -0.1) is 5.10 Å². The molecule has 0 aliphatic carbocycles. The van der Waals surface area contributed by atoms with E-state index in [1.165, 1.54) is 0 Å². The Bertz CT molecular complexity index is 630. The first-order chi connectivity index (χ1) is 10.1. The molecule has 3 rings (SSSR count). The molecule has 0 spiro atoms. The molecule has 1 atom stereocenters. The van der Waals surface area contributed by atoms with Gasteiger partial charge in [-0.3, -0.25) is 0 Å². The molecule has 2 aromatic rings. The Morgan fingerprint density at radius 3 is 2.62 bits per heavy atom. The van der Waals surface area contributed by atoms with E-state index in [2.05, 4.69) is 46.0 Å². The topological polar surface area (TPSA) is 67.7 Å². The standard InChI is InChI=1S/C14H17BrN6/c1-9-10(2)19-20-14(18-9)21-5-3-4-11(8-21)13-16-6-12(15)7-17-13/h6-7,11H,3-5,8H2,1-2H3. The Kier molecular flexibility index (Phi) is 4.10. The summed E-state index contributed by atoms with van der Waals surface area (Å²) < 4.78 is 0.903. The number of nitrogens with zero attached hydrogens (tertiary/aromatic N) is 6. The van der Waals surface area contributed by atoms with Crippen molar-refractivity contribution >= 4 is 21.9 Å². The van der Waals surface area contributed by atoms with Crippen LogP contribution in [0.2, 0.25) is 0 Å². The molecule has 1 unspecified atom stereocenters. The fourth-order valence-electron chi connectivity index (χ4n) is 2.48. The van der Waals surface area contributed by atoms with Crippen molar-refractivity contribution in [2.45, 2.75) is 32.6 Å². The lowest BCUT2D eigenvalue weighted by Gasteiger charge is -2.31. The van der Waals surface area contributed by atoms with Crippen LogP contribution in [0.25, 0.3) is 0 Å². The van der Waals surface area contributed by atoms with E-state index >= 15 is 0 Å². The zero-order valence-electron chi connectivity index (χ0n) is 12.1. The first-order valence-corrected chi connectivity index (χ1v) is 7.83. The summed E-state index contributed by atoms with van der Waals surface area (Å²) in [5.41, 5.74) is 1.81. The lowest BCUT2D eigenvalue weighted by molar-refractivity contribution is 0.483. The predicted octanol–water partition coefficient (Wildman–Crippen LogP) is 2.42. The highest BCUT2D eigenvalue weighted by molar-refractivity contribution is 9.10. The van der Waals surface area contributed by atoms with Crippen molar-refractivity contribution in [1.29, 1.82) is 0 Å². The van der Waals surface area contributed by atoms with Gasteiger partial charge < -0.3 is 4.90 Å². The molecule has 3 heterocycles. The van der Waals surface area contributed by atoms with Gasteiger partial charge in [-0.2, -0.15) is 5.10 Å². The Labute approximate surface area is 132 Å². The molecular formula is C14H17BrN6. The molecular weight excluding hydrogens is 332 g/mol. The summed E-state index contributed by atoms with van der Waals surface area (Å²) in [7, 11) is 0. The van der Waals surface area contributed by atoms with Gasteiger partial charge in [0.25, 0.3) is 0 Å². The van der Waals surface area contributed by atoms with Crippen LogP contribution in [0.5, 0.6) is 0 Å². The van der Waals surface area contributed by atoms with Gasteiger partial charge in [-0.1, -0.05) is 0 Å². The number of halogens is 1. The monoisotopic (exact) mass is 348 g/mol. The highest BCUT2D eigenvalue weighted by Gasteiger charge is 2.25. The van der Waals surface area contributed by atoms with E-state index in [9.17, 15) is 0 Å². The summed E-state index contributed by atoms with van der Waals surface area (Å²) in [5, 5.41) is 8.39. The molecule has 0 N–H and O–H groups in total. The number of anilines is 1. The van der Waals surface area contributed by atoms with Crippen LogP contribution in [-0.2, 0) is 0 Å². The average Bonchev–Trinajstić information content (AvgIpc) is 2.51. The number of hydrogen-bond acceptors (Lipinski definition) is 6. The van der Waals surface area contributed by atoms with Crippen LogP contribution in [-0.4, -0.2) is 38.2 Å². The van der Waals surface area contributed by atoms with Gasteiger partial charge in [0.1, 0.15) is 5.82 Å². The van der Waals surface area contributed by atoms with Crippen molar-refractivity contribution in [3.63, 3.8) is 0 Å². The van der Waals surface area contributed by atoms with Gasteiger partial charge in [0.2, 0.25) is 5.95 Å². The zero-order valence-corrected chi connectivity index (χ0v) is 13.7. The van der Waals surface area contributed by atoms with Crippen molar-refractivity contribution in [3.8, 4) is 0 Å². The van der Waals surface area contributed by atoms with Gasteiger partial charge in [-0.05, 0) is 42.6 Å². The molecule has 0 amide bonds. The van der Waals surface area contributed by atoms with E-state index in [0.29, 0.717) is 11.9 Å². The second kappa shape index (κ2) is 6.01. The third-order valence-electron chi connectivity index (χ3n) is 3.79. The van der Waals surface area contributed by atoms with Crippen molar-refractivity contribution in [1.82, 2.24) is 25.1 Å². The van der Waals surface area contributed by atoms with Crippen LogP contribution in [0.15, 0.2) is 16.9 Å². The van der Waals surface area contributed by atoms with Crippen LogP contribution >= 0.6 is 15.9 Å². The Balaban J connectivity index is 1.79. The molecule has 1 saturated heterocycles. The van der Waals surface area contributed by atoms with Crippen LogP contribution in [0.3, 0.4) is 0 Å². The average molecular weight is 349 g/mol. The second-order valence-electron chi connectivity index (χ2n) is 5.33. The third kappa shape index (κ3) is 3.18. The highest BCUT2D eigenvalue weighted by Crippen LogP contribution is 2.26. The molecule has 7 heteroatoms. The van der Waals surface area contributed by atoms with Crippen LogP contribution < -0.4 is 4.90 Å². The maximum atomic E-state index is 4.54. The number of rotatable bonds is 2. The maximum absolute atomic E-state index is 4.54. The molecule has 0 radical (unpaired) electrons. The minimum atomic E-state index is 0.317. The molecule has 1 aliphatic heterocycles. The van der Waals surface area contributed by atoms with Gasteiger partial charge in [0.15, 0.2) is 0 Å². The lowest BCUT2D eigenvalue weighted by Crippen LogP contribution is -2.36. The predicted molar refractivity (Wildman–Crippen MR) is 83.2 cm³/mol. The van der Waals surface area contributed by atoms with Gasteiger partial charge in [0.05, 0.1) is 15.9 Å². The van der Waals surface area contributed by atoms with Crippen molar-refractivity contribution in [2.75, 3.05) is 18.0 Å². The summed E-state index contributed by atoms with van der Waals surface area (Å²) in [6.45, 7) is 5.68. The Hall–Kier alpha value is -1.63. The molecule has 2 aromatic heterocycles. The first-order valence-electron chi connectivity index (χ1n) is 7.04. The molecule has 21 heavy (non-hydrogen) atoms. The summed E-state index contributed by atoms with van der Waals surface area (Å²) in [4.78, 5) is 15.6. The Morgan fingerprint density at radius 2 is 1.90 bits per heavy atom. The summed E-state index contributed by atoms with van der Waals surface area (Å²) >= 11 is 3.37. The van der Waals surface area contributed by atoms with Gasteiger partial charge in [-0.25, -0.2) is 15.0 Å². The van der Waals surface area contributed by atoms with Crippen LogP contribution in [0.4, 0.5) is 5.95 Å². The number of aromatic nitrogens is 5. The molecule has 0 saturated carbocycles. The van der Waals surface area contributed by atoms with E-state index in [-0.39, 0.29) is 0 Å². The summed E-state index contributed by atoms with van der Waals surface area (Å²) in [5.74, 6) is 1.91. The largest absolute Gasteiger partial charge is 0.339 e. The van der Waals surface area contributed by atoms with Gasteiger partial charge in [0, 0.05) is 31.4 Å². The van der Waals surface area contributed by atoms with Gasteiger partial charge >= 0.3 is 0 Å². The lowest BCUT2D eigenvalue weighted by atomic mass is 9.97. The molecule has 1 fully saturated rings. The van der Waals surface area contributed by atoms with Crippen LogP contribution in [0, 0.1) is 13.8 Å². The van der Waals surface area contributed by atoms with E-state index in [4.69, 9.17) is 0 Å². The number of piperidine rings is 1. The van der Waals surface area contributed by atoms with E-state index < -0.39 is 0 Å². The van der Waals surface area contributed by atoms with Crippen molar-refractivity contribution < 1.29 is 0 Å². The maximum Gasteiger partial charge on any atom is 0.245 e. The molecule has 1 aliphatic rings. The summed E-state index contributed by atoms with van der Waals surface area (Å²) in [6, 6.07) is 0. The van der Waals surface area contributed by atoms with E-state index in [0.717, 1.165) is 47.6 Å². The quantitative estimate of drug-likeness (QED) is 0.830. The number of hydrogen-bond donors (Lipinski definition) is 0. The molecule has 0 aromatic carbocycles. The Morgan fingerprint density at radius 1 is 1.14 bits per heavy atom. The zero-order chi connectivity index (χ0) is 14.8. The third-order valence-corrected chi connectivity index (χ3v) is 4.20. The van der Waals surface area contributed by atoms with Crippen molar-refractivity contribution in [2.24, 2.45) is 0 Å². The second-order valence-corrected chi connectivity index (χ2v) is 6.24. The highest BCUT2D eigenvalue weighted by atomic mass is 79.9. The fourth-order valence-corrected chi connectivity index (χ4v) is 2.69. The summed E-state index contributed by atoms with van der Waals surface area (Å²) in [6.07, 6.45) is 5.78. The van der Waals surface area contributed by atoms with E-state index in [1.54, 1.807) is 12.4 Å². The smallest absolute Gasteiger partial charge is 0.245 e. The molecule has 0 bridgehead atoms. The number of aryl methyl sites for hydroxylation is 2. The van der Waals surface area contributed by atoms with Crippen molar-refractivity contribution in [3.05, 3.63) is 34.1 Å². The normalized spacial score (nSPS) is 18.8.